The van der Waals surface area contributed by atoms with Gasteiger partial charge in [0.2, 0.25) is 0 Å². The molecule has 4 rings (SSSR count). The van der Waals surface area contributed by atoms with Gasteiger partial charge >= 0.3 is 0 Å². The van der Waals surface area contributed by atoms with Crippen LogP contribution >= 0.6 is 0 Å². The molecule has 1 heterocycles. The minimum absolute atomic E-state index is 0.0134. The minimum Gasteiger partial charge on any atom is -0.507 e. The number of aliphatic hydroxyl groups is 1. The third-order valence-electron chi connectivity index (χ3n) is 7.08. The average Bonchev–Trinajstić information content (AvgIpc) is 3.23. The van der Waals surface area contributed by atoms with Gasteiger partial charge in [0.25, 0.3) is 11.7 Å². The van der Waals surface area contributed by atoms with Crippen LogP contribution in [0, 0.1) is 0 Å². The van der Waals surface area contributed by atoms with Gasteiger partial charge < -0.3 is 24.4 Å². The number of carbonyl (C=O) groups excluding carboxylic acids is 2. The molecule has 0 spiro atoms. The number of aliphatic hydroxyl groups excluding tert-OH is 1. The number of ketones is 1. The highest BCUT2D eigenvalue weighted by Gasteiger charge is 2.47. The lowest BCUT2D eigenvalue weighted by Gasteiger charge is -2.27. The normalized spacial score (nSPS) is 16.4. The van der Waals surface area contributed by atoms with Crippen molar-refractivity contribution in [1.29, 1.82) is 0 Å². The van der Waals surface area contributed by atoms with Gasteiger partial charge in [0.05, 0.1) is 25.8 Å². The summed E-state index contributed by atoms with van der Waals surface area (Å²) in [4.78, 5) is 32.7. The van der Waals surface area contributed by atoms with Gasteiger partial charge in [0, 0.05) is 49.8 Å². The predicted octanol–water partition coefficient (Wildman–Crippen LogP) is 5.24. The van der Waals surface area contributed by atoms with Gasteiger partial charge in [-0.3, -0.25) is 14.5 Å². The highest BCUT2D eigenvalue weighted by Crippen LogP contribution is 2.43. The number of Topliss-reactive ketones (excluding diaryl/α,β-unsaturated/α-hetero) is 1. The fraction of sp³-hybridized carbons (Fsp3) is 0.290. The number of nitrogens with zero attached hydrogens (tertiary/aromatic N) is 3. The highest BCUT2D eigenvalue weighted by atomic mass is 16.5. The van der Waals surface area contributed by atoms with Crippen molar-refractivity contribution >= 4 is 34.5 Å². The van der Waals surface area contributed by atoms with Crippen LogP contribution in [0.4, 0.5) is 17.1 Å². The Labute approximate surface area is 229 Å². The van der Waals surface area contributed by atoms with Crippen molar-refractivity contribution in [2.75, 3.05) is 56.1 Å². The van der Waals surface area contributed by atoms with E-state index in [1.807, 2.05) is 67.5 Å². The Morgan fingerprint density at radius 3 is 1.97 bits per heavy atom. The van der Waals surface area contributed by atoms with Crippen LogP contribution in [-0.2, 0) is 9.59 Å². The molecule has 39 heavy (non-hydrogen) atoms. The van der Waals surface area contributed by atoms with Gasteiger partial charge in [0.15, 0.2) is 11.5 Å². The molecular formula is C31H35N3O5. The van der Waals surface area contributed by atoms with E-state index in [9.17, 15) is 14.7 Å². The summed E-state index contributed by atoms with van der Waals surface area (Å²) in [6.07, 6.45) is 0. The van der Waals surface area contributed by atoms with Crippen molar-refractivity contribution < 1.29 is 24.2 Å². The highest BCUT2D eigenvalue weighted by molar-refractivity contribution is 6.51. The standard InChI is InChI=1S/C31H35N3O5/c1-7-33(8-2)23-12-9-20(10-13-23)28-27(29(35)21-11-18-25(38-5)26(19-21)39-6)30(36)31(37)34(28)24-16-14-22(15-17-24)32(3)4/h9-19,28,35H,7-8H2,1-6H3/b29-27-. The van der Waals surface area contributed by atoms with Gasteiger partial charge in [-0.15, -0.1) is 0 Å². The summed E-state index contributed by atoms with van der Waals surface area (Å²) < 4.78 is 10.7. The molecule has 1 N–H and O–H groups in total. The second kappa shape index (κ2) is 11.5. The fourth-order valence-electron chi connectivity index (χ4n) is 4.92. The molecule has 8 heteroatoms. The molecule has 1 aliphatic rings. The van der Waals surface area contributed by atoms with Crippen LogP contribution in [0.5, 0.6) is 11.5 Å². The van der Waals surface area contributed by atoms with E-state index in [1.54, 1.807) is 18.2 Å². The molecule has 0 radical (unpaired) electrons. The first-order valence-corrected chi connectivity index (χ1v) is 12.9. The smallest absolute Gasteiger partial charge is 0.300 e. The van der Waals surface area contributed by atoms with Gasteiger partial charge in [-0.1, -0.05) is 12.1 Å². The van der Waals surface area contributed by atoms with E-state index in [0.29, 0.717) is 28.3 Å². The maximum Gasteiger partial charge on any atom is 0.300 e. The molecule has 3 aromatic rings. The molecule has 8 nitrogen and oxygen atoms in total. The molecule has 0 saturated carbocycles. The van der Waals surface area contributed by atoms with Crippen molar-refractivity contribution in [1.82, 2.24) is 0 Å². The maximum absolute atomic E-state index is 13.5. The summed E-state index contributed by atoms with van der Waals surface area (Å²) in [6, 6.07) is 19.2. The Morgan fingerprint density at radius 1 is 0.846 bits per heavy atom. The first kappa shape index (κ1) is 27.6. The molecule has 1 atom stereocenters. The number of benzene rings is 3. The Bertz CT molecular complexity index is 1380. The summed E-state index contributed by atoms with van der Waals surface area (Å²) in [6.45, 7) is 5.89. The Hall–Kier alpha value is -4.46. The number of anilines is 3. The second-order valence-corrected chi connectivity index (χ2v) is 9.41. The van der Waals surface area contributed by atoms with Gasteiger partial charge in [-0.25, -0.2) is 0 Å². The predicted molar refractivity (Wildman–Crippen MR) is 155 cm³/mol. The van der Waals surface area contributed by atoms with Crippen LogP contribution in [0.15, 0.2) is 72.3 Å². The van der Waals surface area contributed by atoms with Crippen molar-refractivity contribution in [3.05, 3.63) is 83.4 Å². The SMILES string of the molecule is CCN(CC)c1ccc(C2/C(=C(/O)c3ccc(OC)c(OC)c3)C(=O)C(=O)N2c2ccc(N(C)C)cc2)cc1. The van der Waals surface area contributed by atoms with Crippen LogP contribution in [-0.4, -0.2) is 58.2 Å². The van der Waals surface area contributed by atoms with E-state index in [-0.39, 0.29) is 11.3 Å². The Kier molecular flexibility index (Phi) is 8.14. The van der Waals surface area contributed by atoms with Crippen molar-refractivity contribution in [3.8, 4) is 11.5 Å². The van der Waals surface area contributed by atoms with Gasteiger partial charge in [-0.05, 0) is 74.0 Å². The van der Waals surface area contributed by atoms with Crippen molar-refractivity contribution in [2.24, 2.45) is 0 Å². The first-order valence-electron chi connectivity index (χ1n) is 12.9. The van der Waals surface area contributed by atoms with Crippen LogP contribution in [0.25, 0.3) is 5.76 Å². The van der Waals surface area contributed by atoms with Crippen LogP contribution in [0.1, 0.15) is 31.0 Å². The molecule has 1 unspecified atom stereocenters. The summed E-state index contributed by atoms with van der Waals surface area (Å²) in [7, 11) is 6.88. The largest absolute Gasteiger partial charge is 0.507 e. The molecule has 204 valence electrons. The zero-order valence-corrected chi connectivity index (χ0v) is 23.3. The zero-order valence-electron chi connectivity index (χ0n) is 23.3. The topological polar surface area (TPSA) is 82.5 Å². The third-order valence-corrected chi connectivity index (χ3v) is 7.08. The van der Waals surface area contributed by atoms with Crippen LogP contribution in [0.2, 0.25) is 0 Å². The van der Waals surface area contributed by atoms with Crippen molar-refractivity contribution in [3.63, 3.8) is 0 Å². The van der Waals surface area contributed by atoms with E-state index in [1.165, 1.54) is 19.1 Å². The first-order chi connectivity index (χ1) is 18.7. The number of ether oxygens (including phenoxy) is 2. The number of rotatable bonds is 9. The molecule has 0 bridgehead atoms. The van der Waals surface area contributed by atoms with E-state index in [4.69, 9.17) is 9.47 Å². The third kappa shape index (κ3) is 5.14. The minimum atomic E-state index is -0.825. The second-order valence-electron chi connectivity index (χ2n) is 9.41. The quantitative estimate of drug-likeness (QED) is 0.231. The van der Waals surface area contributed by atoms with E-state index < -0.39 is 17.7 Å². The lowest BCUT2D eigenvalue weighted by atomic mass is 9.94. The van der Waals surface area contributed by atoms with Crippen molar-refractivity contribution in [2.45, 2.75) is 19.9 Å². The Balaban J connectivity index is 1.90. The molecule has 1 saturated heterocycles. The number of hydrogen-bond donors (Lipinski definition) is 1. The van der Waals surface area contributed by atoms with Crippen LogP contribution in [0.3, 0.4) is 0 Å². The van der Waals surface area contributed by atoms with E-state index in [0.717, 1.165) is 24.5 Å². The molecule has 0 aromatic heterocycles. The molecule has 0 aliphatic carbocycles. The Morgan fingerprint density at radius 2 is 1.44 bits per heavy atom. The van der Waals surface area contributed by atoms with Gasteiger partial charge in [-0.2, -0.15) is 0 Å². The summed E-state index contributed by atoms with van der Waals surface area (Å²) in [5.41, 5.74) is 3.63. The molecule has 1 fully saturated rings. The lowest BCUT2D eigenvalue weighted by molar-refractivity contribution is -0.132. The average molecular weight is 530 g/mol. The number of amides is 1. The lowest BCUT2D eigenvalue weighted by Crippen LogP contribution is -2.29. The van der Waals surface area contributed by atoms with E-state index in [2.05, 4.69) is 18.7 Å². The monoisotopic (exact) mass is 529 g/mol. The number of hydrogen-bond acceptors (Lipinski definition) is 7. The molecule has 1 aliphatic heterocycles. The molecule has 1 amide bonds. The summed E-state index contributed by atoms with van der Waals surface area (Å²) >= 11 is 0. The summed E-state index contributed by atoms with van der Waals surface area (Å²) in [5.74, 6) is -0.849. The zero-order chi connectivity index (χ0) is 28.3. The van der Waals surface area contributed by atoms with Crippen LogP contribution < -0.4 is 24.2 Å². The summed E-state index contributed by atoms with van der Waals surface area (Å²) in [5, 5.41) is 11.5. The molecule has 3 aromatic carbocycles. The molecular weight excluding hydrogens is 494 g/mol. The van der Waals surface area contributed by atoms with Gasteiger partial charge in [0.1, 0.15) is 5.76 Å². The van der Waals surface area contributed by atoms with E-state index >= 15 is 0 Å². The fourth-order valence-corrected chi connectivity index (χ4v) is 4.92. The number of methoxy groups -OCH3 is 2. The number of carbonyl (C=O) groups is 2. The maximum atomic E-state index is 13.5.